The van der Waals surface area contributed by atoms with Gasteiger partial charge >= 0.3 is 6.18 Å². The van der Waals surface area contributed by atoms with Gasteiger partial charge in [-0.25, -0.2) is 13.1 Å². The van der Waals surface area contributed by atoms with E-state index in [0.717, 1.165) is 12.1 Å². The average molecular weight is 442 g/mol. The Balaban J connectivity index is 2.03. The van der Waals surface area contributed by atoms with Crippen molar-refractivity contribution < 1.29 is 26.4 Å². The van der Waals surface area contributed by atoms with Crippen molar-refractivity contribution in [3.8, 4) is 0 Å². The summed E-state index contributed by atoms with van der Waals surface area (Å²) in [5, 5.41) is -0.584. The predicted molar refractivity (Wildman–Crippen MR) is 99.5 cm³/mol. The van der Waals surface area contributed by atoms with Crippen molar-refractivity contribution in [2.24, 2.45) is 0 Å². The zero-order valence-corrected chi connectivity index (χ0v) is 17.3. The van der Waals surface area contributed by atoms with Crippen LogP contribution >= 0.6 is 11.6 Å². The third-order valence-corrected chi connectivity index (χ3v) is 6.36. The molecule has 1 aromatic rings. The smallest absolute Gasteiger partial charge is 0.335 e. The van der Waals surface area contributed by atoms with E-state index >= 15 is 0 Å². The van der Waals surface area contributed by atoms with Crippen LogP contribution in [0.3, 0.4) is 0 Å². The highest BCUT2D eigenvalue weighted by molar-refractivity contribution is 7.89. The first kappa shape index (κ1) is 22.9. The minimum atomic E-state index is -4.77. The van der Waals surface area contributed by atoms with Crippen molar-refractivity contribution >= 4 is 27.5 Å². The third-order valence-electron chi connectivity index (χ3n) is 4.57. The number of sulfonamides is 1. The largest absolute Gasteiger partial charge is 0.417 e. The number of hydrogen-bond acceptors (Lipinski definition) is 4. The molecule has 6 nitrogen and oxygen atoms in total. The molecule has 0 aliphatic carbocycles. The van der Waals surface area contributed by atoms with Crippen molar-refractivity contribution in [2.75, 3.05) is 26.7 Å². The Morgan fingerprint density at radius 3 is 2.36 bits per heavy atom. The number of amides is 1. The van der Waals surface area contributed by atoms with E-state index in [0.29, 0.717) is 19.2 Å². The molecular weight excluding hydrogens is 419 g/mol. The molecule has 1 saturated heterocycles. The SMILES string of the molecule is C[C@@H]1CN(C)C[C@@H](C)N1C(=O)CCNS(=O)(=O)c1ccc(Cl)c(C(F)(F)F)c1. The number of nitrogens with one attached hydrogen (secondary N) is 1. The van der Waals surface area contributed by atoms with Gasteiger partial charge in [0, 0.05) is 38.1 Å². The Bertz CT molecular complexity index is 821. The molecule has 2 atom stereocenters. The van der Waals surface area contributed by atoms with Gasteiger partial charge in [-0.15, -0.1) is 0 Å². The summed E-state index contributed by atoms with van der Waals surface area (Å²) in [5.74, 6) is -0.206. The first-order valence-corrected chi connectivity index (χ1v) is 10.5. The Hall–Kier alpha value is -1.36. The van der Waals surface area contributed by atoms with Crippen LogP contribution in [0, 0.1) is 0 Å². The van der Waals surface area contributed by atoms with E-state index < -0.39 is 31.7 Å². The molecule has 0 radical (unpaired) electrons. The third kappa shape index (κ3) is 5.37. The van der Waals surface area contributed by atoms with Crippen molar-refractivity contribution in [1.82, 2.24) is 14.5 Å². The summed E-state index contributed by atoms with van der Waals surface area (Å²) in [6.45, 7) is 5.05. The molecule has 0 aromatic heterocycles. The van der Waals surface area contributed by atoms with Gasteiger partial charge in [0.2, 0.25) is 15.9 Å². The molecule has 0 bridgehead atoms. The molecule has 1 amide bonds. The fourth-order valence-electron chi connectivity index (χ4n) is 3.47. The molecule has 158 valence electrons. The fraction of sp³-hybridized carbons (Fsp3) is 0.588. The van der Waals surface area contributed by atoms with Crippen LogP contribution in [-0.2, 0) is 21.0 Å². The molecule has 11 heteroatoms. The normalized spacial score (nSPS) is 21.8. The molecule has 2 rings (SSSR count). The lowest BCUT2D eigenvalue weighted by Crippen LogP contribution is -2.57. The van der Waals surface area contributed by atoms with Gasteiger partial charge in [-0.05, 0) is 39.1 Å². The molecule has 0 spiro atoms. The number of carbonyl (C=O) groups is 1. The van der Waals surface area contributed by atoms with Crippen LogP contribution in [-0.4, -0.2) is 62.9 Å². The Morgan fingerprint density at radius 1 is 1.25 bits per heavy atom. The summed E-state index contributed by atoms with van der Waals surface area (Å²) in [4.78, 5) is 15.8. The van der Waals surface area contributed by atoms with Crippen LogP contribution in [0.15, 0.2) is 23.1 Å². The van der Waals surface area contributed by atoms with Gasteiger partial charge in [0.25, 0.3) is 0 Å². The maximum Gasteiger partial charge on any atom is 0.417 e. The molecule has 1 N–H and O–H groups in total. The number of piperazine rings is 1. The van der Waals surface area contributed by atoms with E-state index in [1.807, 2.05) is 20.9 Å². The summed E-state index contributed by atoms with van der Waals surface area (Å²) in [6.07, 6.45) is -4.86. The first-order valence-electron chi connectivity index (χ1n) is 8.69. The second kappa shape index (κ2) is 8.56. The highest BCUT2D eigenvalue weighted by atomic mass is 35.5. The van der Waals surface area contributed by atoms with Crippen LogP contribution in [0.5, 0.6) is 0 Å². The van der Waals surface area contributed by atoms with E-state index in [1.54, 1.807) is 4.90 Å². The standard InChI is InChI=1S/C17H23ClF3N3O3S/c1-11-9-23(3)10-12(2)24(11)16(25)6-7-22-28(26,27)13-4-5-15(18)14(8-13)17(19,20)21/h4-5,8,11-12,22H,6-7,9-10H2,1-3H3/t11-,12-/m1/s1. The van der Waals surface area contributed by atoms with E-state index in [-0.39, 0.29) is 31.0 Å². The minimum absolute atomic E-state index is 0.0107. The molecule has 1 aliphatic rings. The van der Waals surface area contributed by atoms with Crippen LogP contribution in [0.1, 0.15) is 25.8 Å². The lowest BCUT2D eigenvalue weighted by molar-refractivity contribution is -0.139. The molecule has 28 heavy (non-hydrogen) atoms. The first-order chi connectivity index (χ1) is 12.8. The molecular formula is C17H23ClF3N3O3S. The molecule has 0 saturated carbocycles. The highest BCUT2D eigenvalue weighted by Gasteiger charge is 2.35. The predicted octanol–water partition coefficient (Wildman–Crippen LogP) is 2.58. The zero-order valence-electron chi connectivity index (χ0n) is 15.8. The molecule has 1 aliphatic heterocycles. The van der Waals surface area contributed by atoms with Crippen LogP contribution in [0.25, 0.3) is 0 Å². The lowest BCUT2D eigenvalue weighted by Gasteiger charge is -2.43. The molecule has 1 aromatic carbocycles. The summed E-state index contributed by atoms with van der Waals surface area (Å²) >= 11 is 5.51. The van der Waals surface area contributed by atoms with E-state index in [9.17, 15) is 26.4 Å². The number of nitrogens with zero attached hydrogens (tertiary/aromatic N) is 2. The fourth-order valence-corrected chi connectivity index (χ4v) is 4.75. The van der Waals surface area contributed by atoms with E-state index in [4.69, 9.17) is 11.6 Å². The maximum absolute atomic E-state index is 12.9. The maximum atomic E-state index is 12.9. The van der Waals surface area contributed by atoms with Gasteiger partial charge in [-0.2, -0.15) is 13.2 Å². The lowest BCUT2D eigenvalue weighted by atomic mass is 10.1. The van der Waals surface area contributed by atoms with Crippen molar-refractivity contribution in [3.63, 3.8) is 0 Å². The number of likely N-dealkylation sites (N-methyl/N-ethyl adjacent to an activating group) is 1. The minimum Gasteiger partial charge on any atom is -0.335 e. The van der Waals surface area contributed by atoms with Gasteiger partial charge < -0.3 is 9.80 Å². The number of rotatable bonds is 5. The second-order valence-corrected chi connectivity index (χ2v) is 9.18. The van der Waals surface area contributed by atoms with Gasteiger partial charge in [0.15, 0.2) is 0 Å². The second-order valence-electron chi connectivity index (χ2n) is 7.01. The summed E-state index contributed by atoms with van der Waals surface area (Å²) in [6, 6.07) is 2.34. The highest BCUT2D eigenvalue weighted by Crippen LogP contribution is 2.35. The summed E-state index contributed by atoms with van der Waals surface area (Å²) < 4.78 is 65.6. The van der Waals surface area contributed by atoms with E-state index in [1.165, 1.54) is 0 Å². The Kier molecular flexibility index (Phi) is 7.01. The molecule has 1 fully saturated rings. The van der Waals surface area contributed by atoms with Crippen LogP contribution < -0.4 is 4.72 Å². The number of hydrogen-bond donors (Lipinski definition) is 1. The van der Waals surface area contributed by atoms with Gasteiger partial charge in [-0.3, -0.25) is 4.79 Å². The van der Waals surface area contributed by atoms with Gasteiger partial charge in [0.1, 0.15) is 0 Å². The molecule has 0 unspecified atom stereocenters. The van der Waals surface area contributed by atoms with Crippen molar-refractivity contribution in [2.45, 2.75) is 43.4 Å². The Labute approximate surface area is 167 Å². The van der Waals surface area contributed by atoms with Gasteiger partial charge in [-0.1, -0.05) is 11.6 Å². The summed E-state index contributed by atoms with van der Waals surface area (Å²) in [7, 11) is -2.25. The number of benzene rings is 1. The average Bonchev–Trinajstić information content (AvgIpc) is 2.52. The summed E-state index contributed by atoms with van der Waals surface area (Å²) in [5.41, 5.74) is -1.23. The zero-order chi connectivity index (χ0) is 21.3. The number of halogens is 4. The quantitative estimate of drug-likeness (QED) is 0.762. The number of alkyl halides is 3. The van der Waals surface area contributed by atoms with Gasteiger partial charge in [0.05, 0.1) is 15.5 Å². The Morgan fingerprint density at radius 2 is 1.82 bits per heavy atom. The van der Waals surface area contributed by atoms with E-state index in [2.05, 4.69) is 9.62 Å². The van der Waals surface area contributed by atoms with Crippen LogP contribution in [0.2, 0.25) is 5.02 Å². The monoisotopic (exact) mass is 441 g/mol. The van der Waals surface area contributed by atoms with Crippen LogP contribution in [0.4, 0.5) is 13.2 Å². The topological polar surface area (TPSA) is 69.7 Å². The van der Waals surface area contributed by atoms with Crippen molar-refractivity contribution in [3.05, 3.63) is 28.8 Å². The van der Waals surface area contributed by atoms with Crippen molar-refractivity contribution in [1.29, 1.82) is 0 Å². The number of carbonyl (C=O) groups excluding carboxylic acids is 1. The molecule has 1 heterocycles.